The van der Waals surface area contributed by atoms with E-state index in [1.807, 2.05) is 0 Å². The molecule has 0 heterocycles. The van der Waals surface area contributed by atoms with Crippen molar-refractivity contribution < 1.29 is 19.0 Å². The van der Waals surface area contributed by atoms with Gasteiger partial charge < -0.3 is 9.84 Å². The third-order valence-corrected chi connectivity index (χ3v) is 1.60. The van der Waals surface area contributed by atoms with Crippen LogP contribution in [-0.2, 0) is 11.2 Å². The molecular weight excluding hydrogens is 187 g/mol. The highest BCUT2D eigenvalue weighted by molar-refractivity contribution is 5.70. The largest absolute Gasteiger partial charge is 0.491 e. The lowest BCUT2D eigenvalue weighted by atomic mass is 10.1. The fourth-order valence-electron chi connectivity index (χ4n) is 1.08. The van der Waals surface area contributed by atoms with E-state index < -0.39 is 12.6 Å². The number of rotatable bonds is 5. The number of ether oxygens (including phenoxy) is 1. The van der Waals surface area contributed by atoms with E-state index in [2.05, 4.69) is 0 Å². The van der Waals surface area contributed by atoms with Gasteiger partial charge in [-0.05, 0) is 17.7 Å². The molecule has 76 valence electrons. The van der Waals surface area contributed by atoms with Gasteiger partial charge >= 0.3 is 5.97 Å². The predicted molar refractivity (Wildman–Crippen MR) is 49.3 cm³/mol. The molecule has 0 unspecified atom stereocenters. The van der Waals surface area contributed by atoms with Crippen LogP contribution in [0.1, 0.15) is 5.56 Å². The summed E-state index contributed by atoms with van der Waals surface area (Å²) in [4.78, 5) is 10.4. The molecule has 0 aromatic heterocycles. The zero-order chi connectivity index (χ0) is 10.4. The molecule has 0 atom stereocenters. The van der Waals surface area contributed by atoms with E-state index in [-0.39, 0.29) is 13.0 Å². The maximum Gasteiger partial charge on any atom is 0.307 e. The molecule has 4 heteroatoms. The maximum absolute atomic E-state index is 11.8. The standard InChI is InChI=1S/C10H11FO3/c11-4-5-14-9-3-1-2-8(6-9)7-10(12)13/h1-3,6H,4-5,7H2,(H,12,13). The second-order valence-electron chi connectivity index (χ2n) is 2.76. The zero-order valence-electron chi connectivity index (χ0n) is 7.57. The summed E-state index contributed by atoms with van der Waals surface area (Å²) in [5.74, 6) is -0.394. The zero-order valence-corrected chi connectivity index (χ0v) is 7.57. The Balaban J connectivity index is 2.63. The molecule has 1 aromatic rings. The average Bonchev–Trinajstić information content (AvgIpc) is 2.14. The molecule has 0 aliphatic carbocycles. The van der Waals surface area contributed by atoms with Crippen molar-refractivity contribution in [1.29, 1.82) is 0 Å². The van der Waals surface area contributed by atoms with Gasteiger partial charge in [-0.3, -0.25) is 4.79 Å². The van der Waals surface area contributed by atoms with E-state index in [4.69, 9.17) is 9.84 Å². The summed E-state index contributed by atoms with van der Waals surface area (Å²) in [6, 6.07) is 6.65. The molecule has 0 saturated carbocycles. The minimum Gasteiger partial charge on any atom is -0.491 e. The van der Waals surface area contributed by atoms with Crippen molar-refractivity contribution in [3.05, 3.63) is 29.8 Å². The van der Waals surface area contributed by atoms with Gasteiger partial charge in [0.15, 0.2) is 0 Å². The predicted octanol–water partition coefficient (Wildman–Crippen LogP) is 1.66. The lowest BCUT2D eigenvalue weighted by molar-refractivity contribution is -0.136. The number of alkyl halides is 1. The van der Waals surface area contributed by atoms with Crippen LogP contribution in [0.2, 0.25) is 0 Å². The Morgan fingerprint density at radius 2 is 2.29 bits per heavy atom. The van der Waals surface area contributed by atoms with E-state index in [9.17, 15) is 9.18 Å². The summed E-state index contributed by atoms with van der Waals surface area (Å²) in [5, 5.41) is 8.53. The fraction of sp³-hybridized carbons (Fsp3) is 0.300. The first-order valence-electron chi connectivity index (χ1n) is 4.22. The first-order valence-corrected chi connectivity index (χ1v) is 4.22. The topological polar surface area (TPSA) is 46.5 Å². The van der Waals surface area contributed by atoms with Crippen LogP contribution in [-0.4, -0.2) is 24.4 Å². The molecular formula is C10H11FO3. The minimum atomic E-state index is -0.896. The number of halogens is 1. The highest BCUT2D eigenvalue weighted by Crippen LogP contribution is 2.13. The van der Waals surface area contributed by atoms with Gasteiger partial charge in [-0.25, -0.2) is 4.39 Å². The smallest absolute Gasteiger partial charge is 0.307 e. The number of hydrogen-bond donors (Lipinski definition) is 1. The molecule has 1 N–H and O–H groups in total. The summed E-state index contributed by atoms with van der Waals surface area (Å²) in [5.41, 5.74) is 0.647. The van der Waals surface area contributed by atoms with Gasteiger partial charge in [-0.15, -0.1) is 0 Å². The molecule has 0 amide bonds. The number of benzene rings is 1. The second kappa shape index (κ2) is 5.21. The molecule has 0 aliphatic heterocycles. The molecule has 0 radical (unpaired) electrons. The summed E-state index contributed by atoms with van der Waals surface area (Å²) in [7, 11) is 0. The van der Waals surface area contributed by atoms with Crippen molar-refractivity contribution in [2.24, 2.45) is 0 Å². The first-order chi connectivity index (χ1) is 6.72. The van der Waals surface area contributed by atoms with Crippen LogP contribution in [0.4, 0.5) is 4.39 Å². The number of hydrogen-bond acceptors (Lipinski definition) is 2. The first kappa shape index (κ1) is 10.5. The molecule has 0 spiro atoms. The van der Waals surface area contributed by atoms with Gasteiger partial charge in [-0.1, -0.05) is 12.1 Å². The average molecular weight is 198 g/mol. The van der Waals surface area contributed by atoms with Crippen molar-refractivity contribution in [2.75, 3.05) is 13.3 Å². The monoisotopic (exact) mass is 198 g/mol. The molecule has 0 saturated heterocycles. The Kier molecular flexibility index (Phi) is 3.91. The Hall–Kier alpha value is -1.58. The lowest BCUT2D eigenvalue weighted by Gasteiger charge is -2.04. The quantitative estimate of drug-likeness (QED) is 0.782. The SMILES string of the molecule is O=C(O)Cc1cccc(OCCF)c1. The van der Waals surface area contributed by atoms with Crippen LogP contribution in [0.3, 0.4) is 0 Å². The highest BCUT2D eigenvalue weighted by atomic mass is 19.1. The molecule has 3 nitrogen and oxygen atoms in total. The van der Waals surface area contributed by atoms with Crippen LogP contribution in [0.15, 0.2) is 24.3 Å². The second-order valence-corrected chi connectivity index (χ2v) is 2.76. The van der Waals surface area contributed by atoms with Gasteiger partial charge in [0.05, 0.1) is 6.42 Å². The van der Waals surface area contributed by atoms with Crippen molar-refractivity contribution in [1.82, 2.24) is 0 Å². The van der Waals surface area contributed by atoms with Crippen molar-refractivity contribution >= 4 is 5.97 Å². The Bertz CT molecular complexity index is 312. The molecule has 0 fully saturated rings. The van der Waals surface area contributed by atoms with E-state index in [0.717, 1.165) is 0 Å². The van der Waals surface area contributed by atoms with Crippen molar-refractivity contribution in [2.45, 2.75) is 6.42 Å². The molecule has 0 aliphatic rings. The Morgan fingerprint density at radius 3 is 2.93 bits per heavy atom. The highest BCUT2D eigenvalue weighted by Gasteiger charge is 2.01. The van der Waals surface area contributed by atoms with Crippen molar-refractivity contribution in [3.8, 4) is 5.75 Å². The summed E-state index contributed by atoms with van der Waals surface area (Å²) in [6.45, 7) is -0.556. The number of aliphatic carboxylic acids is 1. The van der Waals surface area contributed by atoms with E-state index in [0.29, 0.717) is 11.3 Å². The molecule has 14 heavy (non-hydrogen) atoms. The summed E-state index contributed by atoms with van der Waals surface area (Å²) < 4.78 is 16.8. The maximum atomic E-state index is 11.8. The van der Waals surface area contributed by atoms with Gasteiger partial charge in [0, 0.05) is 0 Å². The van der Waals surface area contributed by atoms with Crippen LogP contribution in [0.5, 0.6) is 5.75 Å². The van der Waals surface area contributed by atoms with Gasteiger partial charge in [-0.2, -0.15) is 0 Å². The third kappa shape index (κ3) is 3.43. The molecule has 1 rings (SSSR count). The van der Waals surface area contributed by atoms with Gasteiger partial charge in [0.25, 0.3) is 0 Å². The number of carboxylic acid groups (broad SMARTS) is 1. The van der Waals surface area contributed by atoms with Crippen LogP contribution in [0.25, 0.3) is 0 Å². The lowest BCUT2D eigenvalue weighted by Crippen LogP contribution is -2.02. The van der Waals surface area contributed by atoms with E-state index in [1.165, 1.54) is 0 Å². The summed E-state index contributed by atoms with van der Waals surface area (Å²) in [6.07, 6.45) is -0.0488. The number of carbonyl (C=O) groups is 1. The Labute approximate surface area is 81.1 Å². The Morgan fingerprint density at radius 1 is 1.50 bits per heavy atom. The van der Waals surface area contributed by atoms with Gasteiger partial charge in [0.1, 0.15) is 19.0 Å². The minimum absolute atomic E-state index is 0.00345. The van der Waals surface area contributed by atoms with E-state index in [1.54, 1.807) is 24.3 Å². The summed E-state index contributed by atoms with van der Waals surface area (Å²) >= 11 is 0. The van der Waals surface area contributed by atoms with E-state index >= 15 is 0 Å². The third-order valence-electron chi connectivity index (χ3n) is 1.60. The molecule has 0 bridgehead atoms. The fourth-order valence-corrected chi connectivity index (χ4v) is 1.08. The number of carboxylic acids is 1. The normalized spacial score (nSPS) is 9.79. The van der Waals surface area contributed by atoms with Gasteiger partial charge in [0.2, 0.25) is 0 Å². The van der Waals surface area contributed by atoms with Crippen LogP contribution >= 0.6 is 0 Å². The van der Waals surface area contributed by atoms with Crippen LogP contribution < -0.4 is 4.74 Å². The molecule has 1 aromatic carbocycles. The van der Waals surface area contributed by atoms with Crippen LogP contribution in [0, 0.1) is 0 Å². The van der Waals surface area contributed by atoms with Crippen molar-refractivity contribution in [3.63, 3.8) is 0 Å².